The molecule has 2 aromatic rings. The van der Waals surface area contributed by atoms with Gasteiger partial charge in [-0.3, -0.25) is 9.59 Å². The van der Waals surface area contributed by atoms with Crippen LogP contribution in [-0.4, -0.2) is 81.8 Å². The third kappa shape index (κ3) is 27.5. The van der Waals surface area contributed by atoms with Gasteiger partial charge in [0, 0.05) is 27.1 Å². The Hall–Kier alpha value is -2.86. The fourth-order valence-corrected chi connectivity index (χ4v) is 8.38. The zero-order valence-electron chi connectivity index (χ0n) is 41.2. The van der Waals surface area contributed by atoms with E-state index >= 15 is 0 Å². The Bertz CT molecular complexity index is 1410. The lowest BCUT2D eigenvalue weighted by Crippen LogP contribution is -2.62. The second-order valence-corrected chi connectivity index (χ2v) is 18.1. The molecule has 0 amide bonds. The van der Waals surface area contributed by atoms with E-state index in [9.17, 15) is 9.59 Å². The van der Waals surface area contributed by atoms with Crippen molar-refractivity contribution in [2.75, 3.05) is 33.0 Å². The Morgan fingerprint density at radius 3 is 1.42 bits per heavy atom. The van der Waals surface area contributed by atoms with Gasteiger partial charge in [0.2, 0.25) is 0 Å². The first-order valence-corrected chi connectivity index (χ1v) is 26.0. The third-order valence-corrected chi connectivity index (χ3v) is 12.2. The van der Waals surface area contributed by atoms with Crippen LogP contribution in [0.15, 0.2) is 60.7 Å². The monoisotopic (exact) mass is 911 g/mol. The van der Waals surface area contributed by atoms with Crippen LogP contribution in [-0.2, 0) is 60.7 Å². The molecule has 10 nitrogen and oxygen atoms in total. The van der Waals surface area contributed by atoms with Gasteiger partial charge >= 0.3 is 11.9 Å². The highest BCUT2D eigenvalue weighted by molar-refractivity contribution is 5.66. The minimum atomic E-state index is -1.01. The van der Waals surface area contributed by atoms with Crippen LogP contribution in [0.5, 0.6) is 0 Å². The smallest absolute Gasteiger partial charge is 0.303 e. The molecule has 0 N–H and O–H groups in total. The van der Waals surface area contributed by atoms with Crippen molar-refractivity contribution in [3.05, 3.63) is 71.8 Å². The predicted octanol–water partition coefficient (Wildman–Crippen LogP) is 13.2. The Morgan fingerprint density at radius 1 is 0.508 bits per heavy atom. The Balaban J connectivity index is 1.64. The number of ether oxygens (including phenoxy) is 8. The first-order chi connectivity index (χ1) is 31.9. The van der Waals surface area contributed by atoms with Crippen LogP contribution < -0.4 is 0 Å². The first-order valence-electron chi connectivity index (χ1n) is 26.0. The summed E-state index contributed by atoms with van der Waals surface area (Å²) in [6.45, 7) is 9.37. The van der Waals surface area contributed by atoms with E-state index in [4.69, 9.17) is 37.9 Å². The van der Waals surface area contributed by atoms with Crippen molar-refractivity contribution in [2.45, 2.75) is 232 Å². The standard InChI is InChI=1S/C55H90O10/c1-5-7-9-11-13-15-17-19-21-23-25-33-39-58-43-50(59-40-34-26-24-22-20-18-16-14-12-10-8-6-2)44-63-55-54(62-42-49-37-31-28-32-38-49)53(64-47(4)57)52(51(65-55)45-60-46(3)56)61-41-48-35-29-27-30-36-48/h27-32,35-38,50-55H,5-26,33-34,39-45H2,1-4H3/t50?,51-,52-,53+,54+,55+/m1/s1. The lowest BCUT2D eigenvalue weighted by molar-refractivity contribution is -0.324. The molecule has 1 aliphatic heterocycles. The second-order valence-electron chi connectivity index (χ2n) is 18.1. The zero-order valence-corrected chi connectivity index (χ0v) is 41.2. The number of carbonyl (C=O) groups is 2. The highest BCUT2D eigenvalue weighted by Crippen LogP contribution is 2.31. The second kappa shape index (κ2) is 38.1. The van der Waals surface area contributed by atoms with Gasteiger partial charge in [0.25, 0.3) is 0 Å². The SMILES string of the molecule is CCCCCCCCCCCCCCOCC(CO[C@H]1O[C@H](COC(C)=O)[C@@H](OCc2ccccc2)[C@H](OC(C)=O)[C@@H]1OCc1ccccc1)OCCCCCCCCCCCCCC. The van der Waals surface area contributed by atoms with E-state index in [2.05, 4.69) is 13.8 Å². The lowest BCUT2D eigenvalue weighted by Gasteiger charge is -2.45. The molecule has 0 aliphatic carbocycles. The van der Waals surface area contributed by atoms with Gasteiger partial charge in [-0.1, -0.05) is 216 Å². The molecule has 6 atom stereocenters. The number of unbranched alkanes of at least 4 members (excludes halogenated alkanes) is 22. The van der Waals surface area contributed by atoms with Crippen molar-refractivity contribution < 1.29 is 47.5 Å². The van der Waals surface area contributed by atoms with E-state index in [0.29, 0.717) is 19.8 Å². The van der Waals surface area contributed by atoms with Crippen LogP contribution in [0.2, 0.25) is 0 Å². The molecule has 1 unspecified atom stereocenters. The van der Waals surface area contributed by atoms with Crippen LogP contribution in [0.4, 0.5) is 0 Å². The van der Waals surface area contributed by atoms with Gasteiger partial charge in [-0.25, -0.2) is 0 Å². The van der Waals surface area contributed by atoms with Crippen molar-refractivity contribution in [1.29, 1.82) is 0 Å². The van der Waals surface area contributed by atoms with Crippen molar-refractivity contribution in [1.82, 2.24) is 0 Å². The summed E-state index contributed by atoms with van der Waals surface area (Å²) in [6.07, 6.45) is 26.0. The van der Waals surface area contributed by atoms with Crippen LogP contribution in [0.1, 0.15) is 193 Å². The molecule has 0 aromatic heterocycles. The molecule has 1 aliphatic rings. The van der Waals surface area contributed by atoms with E-state index in [-0.39, 0.29) is 32.5 Å². The van der Waals surface area contributed by atoms with E-state index < -0.39 is 42.6 Å². The number of hydrogen-bond donors (Lipinski definition) is 0. The molecule has 3 rings (SSSR count). The highest BCUT2D eigenvalue weighted by atomic mass is 16.7. The maximum Gasteiger partial charge on any atom is 0.303 e. The molecule has 0 saturated carbocycles. The summed E-state index contributed by atoms with van der Waals surface area (Å²) in [5.41, 5.74) is 1.86. The number of carbonyl (C=O) groups excluding carboxylic acids is 2. The first kappa shape index (κ1) is 56.5. The normalized spacial score (nSPS) is 19.0. The number of benzene rings is 2. The molecule has 10 heteroatoms. The van der Waals surface area contributed by atoms with E-state index in [0.717, 1.165) is 36.8 Å². The molecule has 370 valence electrons. The summed E-state index contributed by atoms with van der Waals surface area (Å²) >= 11 is 0. The van der Waals surface area contributed by atoms with Gasteiger partial charge < -0.3 is 37.9 Å². The number of rotatable bonds is 41. The van der Waals surface area contributed by atoms with Crippen molar-refractivity contribution in [3.8, 4) is 0 Å². The van der Waals surface area contributed by atoms with E-state index in [1.54, 1.807) is 0 Å². The highest BCUT2D eigenvalue weighted by Gasteiger charge is 2.50. The molecule has 0 radical (unpaired) electrons. The minimum absolute atomic E-state index is 0.126. The molecule has 65 heavy (non-hydrogen) atoms. The van der Waals surface area contributed by atoms with Crippen LogP contribution in [0.3, 0.4) is 0 Å². The Labute approximate surface area is 394 Å². The van der Waals surface area contributed by atoms with Crippen molar-refractivity contribution in [3.63, 3.8) is 0 Å². The average molecular weight is 911 g/mol. The third-order valence-electron chi connectivity index (χ3n) is 12.2. The van der Waals surface area contributed by atoms with Gasteiger partial charge in [0.1, 0.15) is 31.0 Å². The molecule has 0 bridgehead atoms. The topological polar surface area (TPSA) is 108 Å². The Morgan fingerprint density at radius 2 is 0.954 bits per heavy atom. The van der Waals surface area contributed by atoms with Gasteiger partial charge in [-0.05, 0) is 24.0 Å². The Kier molecular flexibility index (Phi) is 33.1. The van der Waals surface area contributed by atoms with E-state index in [1.807, 2.05) is 60.7 Å². The van der Waals surface area contributed by atoms with Crippen LogP contribution in [0.25, 0.3) is 0 Å². The van der Waals surface area contributed by atoms with Gasteiger partial charge in [-0.2, -0.15) is 0 Å². The maximum atomic E-state index is 12.8. The lowest BCUT2D eigenvalue weighted by atomic mass is 9.98. The largest absolute Gasteiger partial charge is 0.463 e. The molecule has 2 aromatic carbocycles. The van der Waals surface area contributed by atoms with Gasteiger partial charge in [0.15, 0.2) is 12.4 Å². The van der Waals surface area contributed by atoms with Crippen molar-refractivity contribution >= 4 is 11.9 Å². The molecular formula is C55H90O10. The number of hydrogen-bond acceptors (Lipinski definition) is 10. The summed E-state index contributed by atoms with van der Waals surface area (Å²) in [5, 5.41) is 0. The summed E-state index contributed by atoms with van der Waals surface area (Å²) in [5.74, 6) is -0.964. The molecular weight excluding hydrogens is 821 g/mol. The van der Waals surface area contributed by atoms with Crippen LogP contribution in [0, 0.1) is 0 Å². The molecule has 1 heterocycles. The number of esters is 2. The van der Waals surface area contributed by atoms with E-state index in [1.165, 1.54) is 142 Å². The summed E-state index contributed by atoms with van der Waals surface area (Å²) in [4.78, 5) is 24.9. The fourth-order valence-electron chi connectivity index (χ4n) is 8.38. The molecule has 0 spiro atoms. The molecule has 1 fully saturated rings. The summed E-state index contributed by atoms with van der Waals surface area (Å²) in [7, 11) is 0. The van der Waals surface area contributed by atoms with Crippen molar-refractivity contribution in [2.24, 2.45) is 0 Å². The zero-order chi connectivity index (χ0) is 46.4. The van der Waals surface area contributed by atoms with Gasteiger partial charge in [0.05, 0.1) is 26.4 Å². The van der Waals surface area contributed by atoms with Crippen LogP contribution >= 0.6 is 0 Å². The van der Waals surface area contributed by atoms with Gasteiger partial charge in [-0.15, -0.1) is 0 Å². The average Bonchev–Trinajstić information content (AvgIpc) is 3.31. The summed E-state index contributed by atoms with van der Waals surface area (Å²) < 4.78 is 50.5. The maximum absolute atomic E-state index is 12.8. The predicted molar refractivity (Wildman–Crippen MR) is 260 cm³/mol. The quantitative estimate of drug-likeness (QED) is 0.0473. The fraction of sp³-hybridized carbons (Fsp3) is 0.745. The molecule has 1 saturated heterocycles. The minimum Gasteiger partial charge on any atom is -0.463 e. The summed E-state index contributed by atoms with van der Waals surface area (Å²) in [6, 6.07) is 19.5.